The van der Waals surface area contributed by atoms with Crippen molar-refractivity contribution in [3.05, 3.63) is 176 Å². The first-order chi connectivity index (χ1) is 25.3. The van der Waals surface area contributed by atoms with E-state index in [1.807, 2.05) is 22.7 Å². The predicted octanol–water partition coefficient (Wildman–Crippen LogP) is 15.0. The van der Waals surface area contributed by atoms with E-state index in [0.29, 0.717) is 0 Å². The Hall–Kier alpha value is -6.00. The Morgan fingerprint density at radius 2 is 0.922 bits per heavy atom. The number of nitrogens with zero attached hydrogens (tertiary/aromatic N) is 1. The first kappa shape index (κ1) is 28.8. The summed E-state index contributed by atoms with van der Waals surface area (Å²) in [5.41, 5.74) is 6.03. The molecule has 0 spiro atoms. The first-order valence-corrected chi connectivity index (χ1v) is 19.0. The van der Waals surface area contributed by atoms with E-state index in [1.54, 1.807) is 0 Å². The van der Waals surface area contributed by atoms with Gasteiger partial charge in [-0.15, -0.1) is 22.7 Å². The summed E-state index contributed by atoms with van der Waals surface area (Å²) in [6.07, 6.45) is 0. The summed E-state index contributed by atoms with van der Waals surface area (Å²) in [6, 6.07) is 65.0. The predicted molar refractivity (Wildman–Crippen MR) is 225 cm³/mol. The summed E-state index contributed by atoms with van der Waals surface area (Å²) in [5.74, 6) is 0. The van der Waals surface area contributed by atoms with E-state index in [1.165, 1.54) is 89.5 Å². The Morgan fingerprint density at radius 1 is 0.333 bits per heavy atom. The van der Waals surface area contributed by atoms with E-state index in [4.69, 9.17) is 0 Å². The normalized spacial score (nSPS) is 11.9. The van der Waals surface area contributed by atoms with E-state index in [0.717, 1.165) is 11.4 Å². The summed E-state index contributed by atoms with van der Waals surface area (Å²) in [6.45, 7) is 0. The molecule has 0 fully saturated rings. The zero-order chi connectivity index (χ0) is 33.5. The van der Waals surface area contributed by atoms with Crippen molar-refractivity contribution in [2.45, 2.75) is 0 Å². The van der Waals surface area contributed by atoms with Crippen LogP contribution in [0, 0.1) is 0 Å². The summed E-state index contributed by atoms with van der Waals surface area (Å²) >= 11 is 3.77. The Balaban J connectivity index is 1.22. The minimum Gasteiger partial charge on any atom is -0.310 e. The third-order valence-corrected chi connectivity index (χ3v) is 12.8. The number of thiophene rings is 2. The number of anilines is 3. The molecule has 11 aromatic rings. The Morgan fingerprint density at radius 3 is 1.76 bits per heavy atom. The Kier molecular flexibility index (Phi) is 6.36. The van der Waals surface area contributed by atoms with Gasteiger partial charge in [0.25, 0.3) is 0 Å². The molecule has 0 unspecified atom stereocenters. The maximum absolute atomic E-state index is 2.49. The van der Waals surface area contributed by atoms with Crippen molar-refractivity contribution in [3.8, 4) is 11.1 Å². The van der Waals surface area contributed by atoms with Crippen molar-refractivity contribution in [3.63, 3.8) is 0 Å². The second-order valence-electron chi connectivity index (χ2n) is 13.3. The highest BCUT2D eigenvalue weighted by atomic mass is 32.1. The highest BCUT2D eigenvalue weighted by molar-refractivity contribution is 7.26. The monoisotopic (exact) mass is 683 g/mol. The van der Waals surface area contributed by atoms with Crippen LogP contribution in [-0.4, -0.2) is 0 Å². The van der Waals surface area contributed by atoms with Gasteiger partial charge in [-0.05, 0) is 80.3 Å². The Labute approximate surface area is 302 Å². The van der Waals surface area contributed by atoms with Crippen molar-refractivity contribution in [2.75, 3.05) is 4.90 Å². The van der Waals surface area contributed by atoms with Gasteiger partial charge in [0.2, 0.25) is 0 Å². The van der Waals surface area contributed by atoms with Gasteiger partial charge in [-0.3, -0.25) is 0 Å². The van der Waals surface area contributed by atoms with E-state index in [9.17, 15) is 0 Å². The molecule has 2 heterocycles. The lowest BCUT2D eigenvalue weighted by molar-refractivity contribution is 1.31. The quantitative estimate of drug-likeness (QED) is 0.167. The average molecular weight is 684 g/mol. The largest absolute Gasteiger partial charge is 0.310 e. The molecule has 51 heavy (non-hydrogen) atoms. The Bertz CT molecular complexity index is 3160. The van der Waals surface area contributed by atoms with E-state index >= 15 is 0 Å². The van der Waals surface area contributed by atoms with Crippen molar-refractivity contribution in [2.24, 2.45) is 0 Å². The van der Waals surface area contributed by atoms with Crippen LogP contribution in [0.4, 0.5) is 17.1 Å². The van der Waals surface area contributed by atoms with Crippen LogP contribution in [0.2, 0.25) is 0 Å². The summed E-state index contributed by atoms with van der Waals surface area (Å²) < 4.78 is 5.22. The average Bonchev–Trinajstić information content (AvgIpc) is 3.77. The van der Waals surface area contributed by atoms with Crippen LogP contribution < -0.4 is 4.90 Å². The maximum atomic E-state index is 2.49. The highest BCUT2D eigenvalue weighted by Crippen LogP contribution is 2.50. The van der Waals surface area contributed by atoms with Crippen molar-refractivity contribution >= 4 is 112 Å². The van der Waals surface area contributed by atoms with Crippen LogP contribution in [0.15, 0.2) is 176 Å². The number of hydrogen-bond donors (Lipinski definition) is 0. The highest BCUT2D eigenvalue weighted by Gasteiger charge is 2.22. The van der Waals surface area contributed by atoms with Crippen LogP contribution in [0.1, 0.15) is 0 Å². The second-order valence-corrected chi connectivity index (χ2v) is 15.4. The zero-order valence-corrected chi connectivity index (χ0v) is 29.1. The molecule has 0 saturated heterocycles. The second kappa shape index (κ2) is 11.3. The third-order valence-electron chi connectivity index (χ3n) is 10.4. The molecule has 0 amide bonds. The minimum atomic E-state index is 1.15. The maximum Gasteiger partial charge on any atom is 0.0555 e. The van der Waals surface area contributed by atoms with Gasteiger partial charge in [-0.1, -0.05) is 133 Å². The summed E-state index contributed by atoms with van der Waals surface area (Å²) in [4.78, 5) is 2.49. The topological polar surface area (TPSA) is 3.24 Å². The van der Waals surface area contributed by atoms with Gasteiger partial charge in [0.05, 0.1) is 5.69 Å². The lowest BCUT2D eigenvalue weighted by atomic mass is 9.95. The molecule has 0 atom stereocenters. The number of fused-ring (bicyclic) bond motifs is 10. The standard InChI is InChI=1S/C48H29NS2/c1-4-14-36-30(10-1)12-9-17-38(36)41-26-27-43(47-42-16-6-8-19-45(42)51-48(41)47)49(34-23-25-40-39-15-5-7-18-44(39)50-46(40)29-34)33-22-24-37-32(28-33)21-20-31-11-2-3-13-35(31)37/h1-29H. The van der Waals surface area contributed by atoms with Gasteiger partial charge in [0.1, 0.15) is 0 Å². The molecule has 238 valence electrons. The summed E-state index contributed by atoms with van der Waals surface area (Å²) in [7, 11) is 0. The number of hydrogen-bond acceptors (Lipinski definition) is 3. The van der Waals surface area contributed by atoms with E-state index in [2.05, 4.69) is 181 Å². The summed E-state index contributed by atoms with van der Waals surface area (Å²) in [5, 5.41) is 12.8. The zero-order valence-electron chi connectivity index (χ0n) is 27.5. The molecular formula is C48H29NS2. The van der Waals surface area contributed by atoms with Gasteiger partial charge < -0.3 is 4.90 Å². The molecule has 2 aromatic heterocycles. The molecule has 0 N–H and O–H groups in total. The van der Waals surface area contributed by atoms with Crippen LogP contribution in [-0.2, 0) is 0 Å². The third kappa shape index (κ3) is 4.45. The van der Waals surface area contributed by atoms with Crippen LogP contribution in [0.5, 0.6) is 0 Å². The molecule has 1 nitrogen and oxygen atoms in total. The molecule has 0 aliphatic carbocycles. The van der Waals surface area contributed by atoms with Crippen molar-refractivity contribution in [1.29, 1.82) is 0 Å². The fourth-order valence-electron chi connectivity index (χ4n) is 8.09. The molecule has 0 aliphatic rings. The van der Waals surface area contributed by atoms with Gasteiger partial charge in [0, 0.05) is 57.3 Å². The molecule has 0 aliphatic heterocycles. The molecule has 11 rings (SSSR count). The molecule has 0 radical (unpaired) electrons. The number of rotatable bonds is 4. The smallest absolute Gasteiger partial charge is 0.0555 e. The fourth-order valence-corrected chi connectivity index (χ4v) is 10.5. The van der Waals surface area contributed by atoms with Crippen LogP contribution in [0.25, 0.3) is 83.8 Å². The van der Waals surface area contributed by atoms with Crippen LogP contribution >= 0.6 is 22.7 Å². The molecular weight excluding hydrogens is 655 g/mol. The van der Waals surface area contributed by atoms with Crippen molar-refractivity contribution < 1.29 is 0 Å². The molecule has 0 bridgehead atoms. The minimum absolute atomic E-state index is 1.15. The number of benzene rings is 9. The SMILES string of the molecule is c1ccc2c(-c3ccc(N(c4ccc5c(ccc6ccccc65)c4)c4ccc5c(c4)sc4ccccc45)c4c3sc3ccccc34)cccc2c1. The van der Waals surface area contributed by atoms with Gasteiger partial charge in [-0.25, -0.2) is 0 Å². The lowest BCUT2D eigenvalue weighted by Gasteiger charge is -2.27. The van der Waals surface area contributed by atoms with Gasteiger partial charge in [0.15, 0.2) is 0 Å². The van der Waals surface area contributed by atoms with Gasteiger partial charge in [-0.2, -0.15) is 0 Å². The molecule has 0 saturated carbocycles. The molecule has 9 aromatic carbocycles. The van der Waals surface area contributed by atoms with Crippen molar-refractivity contribution in [1.82, 2.24) is 0 Å². The molecule has 3 heteroatoms. The van der Waals surface area contributed by atoms with E-state index < -0.39 is 0 Å². The van der Waals surface area contributed by atoms with Gasteiger partial charge >= 0.3 is 0 Å². The lowest BCUT2D eigenvalue weighted by Crippen LogP contribution is -2.10. The van der Waals surface area contributed by atoms with E-state index in [-0.39, 0.29) is 0 Å². The van der Waals surface area contributed by atoms with Crippen LogP contribution in [0.3, 0.4) is 0 Å². The fraction of sp³-hybridized carbons (Fsp3) is 0. The first-order valence-electron chi connectivity index (χ1n) is 17.3.